The normalized spacial score (nSPS) is 36.2. The quantitative estimate of drug-likeness (QED) is 0.829. The van der Waals surface area contributed by atoms with Gasteiger partial charge in [-0.05, 0) is 74.0 Å². The fraction of sp³-hybridized carbons (Fsp3) is 0.700. The predicted molar refractivity (Wildman–Crippen MR) is 105 cm³/mol. The molecule has 2 N–H and O–H groups in total. The first-order valence-electron chi connectivity index (χ1n) is 9.37. The number of hydrogen-bond donors (Lipinski definition) is 1. The minimum absolute atomic E-state index is 0. The van der Waals surface area contributed by atoms with E-state index in [0.717, 1.165) is 18.8 Å². The zero-order chi connectivity index (χ0) is 17.3. The maximum atomic E-state index is 6.49. The van der Waals surface area contributed by atoms with E-state index in [-0.39, 0.29) is 37.2 Å². The Morgan fingerprint density at radius 3 is 2.56 bits per heavy atom. The van der Waals surface area contributed by atoms with Crippen LogP contribution in [0.25, 0.3) is 0 Å². The number of hydrogen-bond acceptors (Lipinski definition) is 3. The van der Waals surface area contributed by atoms with Crippen LogP contribution < -0.4 is 5.73 Å². The lowest BCUT2D eigenvalue weighted by atomic mass is 9.43. The van der Waals surface area contributed by atoms with Crippen molar-refractivity contribution in [1.29, 1.82) is 0 Å². The van der Waals surface area contributed by atoms with E-state index in [1.807, 2.05) is 0 Å². The van der Waals surface area contributed by atoms with Crippen molar-refractivity contribution < 1.29 is 9.31 Å². The minimum atomic E-state index is -0.281. The Balaban J connectivity index is 0.00000182. The Bertz CT molecular complexity index is 667. The molecule has 1 aromatic rings. The highest BCUT2D eigenvalue weighted by Gasteiger charge is 2.68. The SMILES string of the molecule is Cc1ccc(CC(N)B2O[C@@H]3C[C@@H]4C[C@@H](C4(C)C)[C@]3(C)O2)cc1C.Cl. The standard InChI is InChI=1S/C20H30BNO2.ClH/c1-12-6-7-14(8-13(12)2)9-18(22)21-23-17-11-15-10-16(19(15,3)4)20(17,5)24-21;/h6-8,15-18H,9-11,22H2,1-5H3;1H/t15-,16-,17+,18?,20-;/m0./s1. The third-order valence-corrected chi connectivity index (χ3v) is 7.36. The van der Waals surface area contributed by atoms with Crippen molar-refractivity contribution in [2.24, 2.45) is 23.0 Å². The van der Waals surface area contributed by atoms with Gasteiger partial charge in [0.15, 0.2) is 0 Å². The molecule has 1 unspecified atom stereocenters. The van der Waals surface area contributed by atoms with Crippen LogP contribution in [0.4, 0.5) is 0 Å². The molecule has 1 saturated heterocycles. The maximum absolute atomic E-state index is 6.49. The van der Waals surface area contributed by atoms with Crippen LogP contribution in [0.15, 0.2) is 18.2 Å². The summed E-state index contributed by atoms with van der Waals surface area (Å²) in [5.41, 5.74) is 10.6. The van der Waals surface area contributed by atoms with Crippen molar-refractivity contribution in [3.8, 4) is 0 Å². The third-order valence-electron chi connectivity index (χ3n) is 7.36. The molecule has 0 spiro atoms. The monoisotopic (exact) mass is 363 g/mol. The molecule has 0 radical (unpaired) electrons. The number of benzene rings is 1. The Morgan fingerprint density at radius 2 is 1.92 bits per heavy atom. The van der Waals surface area contributed by atoms with Gasteiger partial charge in [0, 0.05) is 5.94 Å². The first-order chi connectivity index (χ1) is 11.2. The second kappa shape index (κ2) is 6.26. The average molecular weight is 364 g/mol. The van der Waals surface area contributed by atoms with Gasteiger partial charge >= 0.3 is 7.12 Å². The highest BCUT2D eigenvalue weighted by atomic mass is 35.5. The van der Waals surface area contributed by atoms with Gasteiger partial charge in [-0.3, -0.25) is 0 Å². The Morgan fingerprint density at radius 1 is 1.20 bits per heavy atom. The molecule has 138 valence electrons. The highest BCUT2D eigenvalue weighted by Crippen LogP contribution is 2.65. The van der Waals surface area contributed by atoms with Crippen molar-refractivity contribution in [3.63, 3.8) is 0 Å². The summed E-state index contributed by atoms with van der Waals surface area (Å²) in [6, 6.07) is 6.58. The summed E-state index contributed by atoms with van der Waals surface area (Å²) < 4.78 is 12.8. The van der Waals surface area contributed by atoms with Gasteiger partial charge in [0.2, 0.25) is 0 Å². The molecular weight excluding hydrogens is 332 g/mol. The highest BCUT2D eigenvalue weighted by molar-refractivity contribution is 6.47. The molecule has 5 heteroatoms. The number of aryl methyl sites for hydroxylation is 2. The molecule has 1 aliphatic heterocycles. The summed E-state index contributed by atoms with van der Waals surface area (Å²) in [6.07, 6.45) is 3.41. The van der Waals surface area contributed by atoms with Crippen LogP contribution >= 0.6 is 12.4 Å². The molecule has 3 nitrogen and oxygen atoms in total. The van der Waals surface area contributed by atoms with Gasteiger partial charge in [-0.15, -0.1) is 12.4 Å². The zero-order valence-corrected chi connectivity index (χ0v) is 16.9. The molecule has 0 aromatic heterocycles. The first kappa shape index (κ1) is 19.2. The van der Waals surface area contributed by atoms with Gasteiger partial charge in [0.25, 0.3) is 0 Å². The van der Waals surface area contributed by atoms with Crippen LogP contribution in [-0.4, -0.2) is 24.8 Å². The summed E-state index contributed by atoms with van der Waals surface area (Å²) in [4.78, 5) is 0. The average Bonchev–Trinajstić information content (AvgIpc) is 2.87. The molecule has 4 aliphatic rings. The van der Waals surface area contributed by atoms with E-state index in [1.165, 1.54) is 23.1 Å². The maximum Gasteiger partial charge on any atom is 0.475 e. The van der Waals surface area contributed by atoms with Crippen LogP contribution in [0.5, 0.6) is 0 Å². The van der Waals surface area contributed by atoms with Gasteiger partial charge in [0.1, 0.15) is 0 Å². The van der Waals surface area contributed by atoms with E-state index >= 15 is 0 Å². The molecule has 3 aliphatic carbocycles. The van der Waals surface area contributed by atoms with Crippen LogP contribution in [0.1, 0.15) is 50.3 Å². The lowest BCUT2D eigenvalue weighted by Crippen LogP contribution is -2.65. The van der Waals surface area contributed by atoms with E-state index in [9.17, 15) is 0 Å². The summed E-state index contributed by atoms with van der Waals surface area (Å²) in [5.74, 6) is 1.25. The number of nitrogens with two attached hydrogens (primary N) is 1. The Kier molecular flexibility index (Phi) is 4.82. The minimum Gasteiger partial charge on any atom is -0.404 e. The van der Waals surface area contributed by atoms with Gasteiger partial charge in [-0.25, -0.2) is 0 Å². The molecule has 2 bridgehead atoms. The summed E-state index contributed by atoms with van der Waals surface area (Å²) in [7, 11) is -0.281. The molecule has 0 amide bonds. The van der Waals surface area contributed by atoms with E-state index in [4.69, 9.17) is 15.0 Å². The molecule has 25 heavy (non-hydrogen) atoms. The number of halogens is 1. The fourth-order valence-electron chi connectivity index (χ4n) is 5.38. The number of rotatable bonds is 3. The molecule has 5 rings (SSSR count). The summed E-state index contributed by atoms with van der Waals surface area (Å²) in [6.45, 7) is 11.3. The van der Waals surface area contributed by atoms with Crippen LogP contribution in [0.3, 0.4) is 0 Å². The molecule has 3 saturated carbocycles. The van der Waals surface area contributed by atoms with Crippen molar-refractivity contribution in [2.45, 2.75) is 71.5 Å². The Hall–Kier alpha value is -0.545. The summed E-state index contributed by atoms with van der Waals surface area (Å²) in [5, 5.41) is 0. The van der Waals surface area contributed by atoms with Crippen LogP contribution in [-0.2, 0) is 15.7 Å². The van der Waals surface area contributed by atoms with Gasteiger partial charge in [-0.1, -0.05) is 32.0 Å². The van der Waals surface area contributed by atoms with Crippen molar-refractivity contribution in [3.05, 3.63) is 34.9 Å². The molecule has 4 fully saturated rings. The van der Waals surface area contributed by atoms with Crippen LogP contribution in [0, 0.1) is 31.1 Å². The van der Waals surface area contributed by atoms with Crippen molar-refractivity contribution in [1.82, 2.24) is 0 Å². The largest absolute Gasteiger partial charge is 0.475 e. The smallest absolute Gasteiger partial charge is 0.404 e. The lowest BCUT2D eigenvalue weighted by Gasteiger charge is -2.64. The van der Waals surface area contributed by atoms with Gasteiger partial charge in [0.05, 0.1) is 11.7 Å². The zero-order valence-electron chi connectivity index (χ0n) is 16.0. The van der Waals surface area contributed by atoms with E-state index < -0.39 is 0 Å². The topological polar surface area (TPSA) is 44.5 Å². The third kappa shape index (κ3) is 2.86. The molecule has 5 atom stereocenters. The summed E-state index contributed by atoms with van der Waals surface area (Å²) >= 11 is 0. The van der Waals surface area contributed by atoms with Gasteiger partial charge in [-0.2, -0.15) is 0 Å². The van der Waals surface area contributed by atoms with E-state index in [0.29, 0.717) is 11.3 Å². The molecular formula is C20H31BClNO2. The van der Waals surface area contributed by atoms with E-state index in [2.05, 4.69) is 52.8 Å². The van der Waals surface area contributed by atoms with Crippen molar-refractivity contribution >= 4 is 19.5 Å². The Labute approximate surface area is 158 Å². The lowest BCUT2D eigenvalue weighted by molar-refractivity contribution is -0.199. The molecule has 1 heterocycles. The fourth-order valence-corrected chi connectivity index (χ4v) is 5.38. The second-order valence-corrected chi connectivity index (χ2v) is 9.12. The van der Waals surface area contributed by atoms with Gasteiger partial charge < -0.3 is 15.0 Å². The van der Waals surface area contributed by atoms with E-state index in [1.54, 1.807) is 0 Å². The first-order valence-corrected chi connectivity index (χ1v) is 9.37. The van der Waals surface area contributed by atoms with Crippen LogP contribution in [0.2, 0.25) is 0 Å². The second-order valence-electron chi connectivity index (χ2n) is 9.12. The molecule has 1 aromatic carbocycles. The predicted octanol–water partition coefficient (Wildman–Crippen LogP) is 3.86. The van der Waals surface area contributed by atoms with Crippen molar-refractivity contribution in [2.75, 3.05) is 0 Å².